The van der Waals surface area contributed by atoms with Crippen LogP contribution in [0.2, 0.25) is 0 Å². The van der Waals surface area contributed by atoms with E-state index in [1.807, 2.05) is 0 Å². The Kier molecular flexibility index (Phi) is 6.43. The van der Waals surface area contributed by atoms with Crippen LogP contribution in [0.3, 0.4) is 0 Å². The zero-order valence-electron chi connectivity index (χ0n) is 3.04. The molecule has 0 aliphatic heterocycles. The van der Waals surface area contributed by atoms with Crippen LogP contribution in [0, 0.1) is 38.6 Å². The number of hydrogen-bond donors (Lipinski definition) is 2. The maximum Gasteiger partial charge on any atom is 0.414 e. The molecule has 7 heavy (non-hydrogen) atoms. The van der Waals surface area contributed by atoms with Gasteiger partial charge in [0, 0.05) is 38.6 Å². The summed E-state index contributed by atoms with van der Waals surface area (Å²) in [4.78, 5) is 18.2. The largest absolute Gasteiger partial charge is 0.473 e. The second-order valence-electron chi connectivity index (χ2n) is 0.610. The van der Waals surface area contributed by atoms with E-state index in [1.54, 1.807) is 0 Å². The zero-order chi connectivity index (χ0) is 5.15. The number of carboxylic acids is 2. The van der Waals surface area contributed by atoms with Crippen LogP contribution in [0.5, 0.6) is 0 Å². The standard InChI is InChI=1S/C2H2O4.Tb/c3-1(4)2(5)6;/h(H,3,4)(H,5,6);. The van der Waals surface area contributed by atoms with Crippen LogP contribution >= 0.6 is 0 Å². The molecule has 0 bridgehead atoms. The predicted octanol–water partition coefficient (Wildman–Crippen LogP) is -0.844. The Morgan fingerprint density at radius 3 is 1.14 bits per heavy atom. The molecule has 0 amide bonds. The first kappa shape index (κ1) is 10.3. The van der Waals surface area contributed by atoms with Crippen molar-refractivity contribution in [1.82, 2.24) is 0 Å². The Morgan fingerprint density at radius 1 is 1.00 bits per heavy atom. The van der Waals surface area contributed by atoms with Gasteiger partial charge in [-0.25, -0.2) is 9.59 Å². The molecule has 0 rings (SSSR count). The van der Waals surface area contributed by atoms with Gasteiger partial charge in [-0.15, -0.1) is 0 Å². The molecule has 43 valence electrons. The van der Waals surface area contributed by atoms with E-state index in [4.69, 9.17) is 19.8 Å². The van der Waals surface area contributed by atoms with E-state index in [-0.39, 0.29) is 38.6 Å². The van der Waals surface area contributed by atoms with E-state index < -0.39 is 11.9 Å². The third-order valence-corrected chi connectivity index (χ3v) is 0.183. The monoisotopic (exact) mass is 249 g/mol. The van der Waals surface area contributed by atoms with E-state index in [9.17, 15) is 0 Å². The van der Waals surface area contributed by atoms with Crippen molar-refractivity contribution < 1.29 is 58.4 Å². The fourth-order valence-electron chi connectivity index (χ4n) is 0. The summed E-state index contributed by atoms with van der Waals surface area (Å²) in [5.41, 5.74) is 0. The van der Waals surface area contributed by atoms with Crippen LogP contribution in [0.15, 0.2) is 0 Å². The van der Waals surface area contributed by atoms with Crippen molar-refractivity contribution in [2.45, 2.75) is 0 Å². The summed E-state index contributed by atoms with van der Waals surface area (Å²) in [7, 11) is 0. The molecule has 0 spiro atoms. The molecule has 0 fully saturated rings. The minimum Gasteiger partial charge on any atom is -0.473 e. The van der Waals surface area contributed by atoms with Gasteiger partial charge in [0.15, 0.2) is 0 Å². The minimum absolute atomic E-state index is 0. The summed E-state index contributed by atoms with van der Waals surface area (Å²) in [5.74, 6) is -3.65. The van der Waals surface area contributed by atoms with Gasteiger partial charge in [-0.05, 0) is 0 Å². The SMILES string of the molecule is O=C(O)C(=O)O.[Tb]. The van der Waals surface area contributed by atoms with Gasteiger partial charge in [0.1, 0.15) is 0 Å². The van der Waals surface area contributed by atoms with Crippen LogP contribution in [0.1, 0.15) is 0 Å². The van der Waals surface area contributed by atoms with Crippen LogP contribution < -0.4 is 0 Å². The molecule has 0 aromatic heterocycles. The van der Waals surface area contributed by atoms with Crippen LogP contribution in [0.4, 0.5) is 0 Å². The molecule has 0 saturated heterocycles. The van der Waals surface area contributed by atoms with Crippen molar-refractivity contribution >= 4 is 11.9 Å². The third-order valence-electron chi connectivity index (χ3n) is 0.183. The fourth-order valence-corrected chi connectivity index (χ4v) is 0. The van der Waals surface area contributed by atoms with Gasteiger partial charge in [-0.1, -0.05) is 0 Å². The Labute approximate surface area is 70.0 Å². The first-order chi connectivity index (χ1) is 2.64. The first-order valence-electron chi connectivity index (χ1n) is 1.11. The van der Waals surface area contributed by atoms with Crippen molar-refractivity contribution in [3.8, 4) is 0 Å². The Morgan fingerprint density at radius 2 is 1.14 bits per heavy atom. The van der Waals surface area contributed by atoms with Gasteiger partial charge in [-0.3, -0.25) is 0 Å². The maximum atomic E-state index is 9.10. The van der Waals surface area contributed by atoms with E-state index in [2.05, 4.69) is 0 Å². The second-order valence-corrected chi connectivity index (χ2v) is 0.610. The number of rotatable bonds is 0. The number of aliphatic carboxylic acids is 2. The second kappa shape index (κ2) is 4.39. The molecule has 0 atom stereocenters. The average Bonchev–Trinajstić information content (AvgIpc) is 1.36. The predicted molar refractivity (Wildman–Crippen MR) is 15.3 cm³/mol. The molecule has 0 aliphatic carbocycles. The van der Waals surface area contributed by atoms with Crippen LogP contribution in [-0.4, -0.2) is 22.2 Å². The Bertz CT molecular complexity index is 75.7. The summed E-state index contributed by atoms with van der Waals surface area (Å²) in [6.45, 7) is 0. The van der Waals surface area contributed by atoms with Gasteiger partial charge in [0.05, 0.1) is 0 Å². The molecule has 2 N–H and O–H groups in total. The Hall–Kier alpha value is 0.226. The number of carboxylic acid groups (broad SMARTS) is 2. The molecular weight excluding hydrogens is 247 g/mol. The van der Waals surface area contributed by atoms with Gasteiger partial charge in [0.2, 0.25) is 0 Å². The van der Waals surface area contributed by atoms with Crippen LogP contribution in [0.25, 0.3) is 0 Å². The molecular formula is C2H2O4Tb. The normalized spacial score (nSPS) is 6.29. The summed E-state index contributed by atoms with van der Waals surface area (Å²) >= 11 is 0. The molecule has 0 aromatic carbocycles. The van der Waals surface area contributed by atoms with Crippen LogP contribution in [-0.2, 0) is 9.59 Å². The molecule has 0 saturated carbocycles. The van der Waals surface area contributed by atoms with Gasteiger partial charge in [-0.2, -0.15) is 0 Å². The van der Waals surface area contributed by atoms with Crippen molar-refractivity contribution in [2.75, 3.05) is 0 Å². The van der Waals surface area contributed by atoms with Crippen molar-refractivity contribution in [1.29, 1.82) is 0 Å². The van der Waals surface area contributed by atoms with Crippen molar-refractivity contribution in [3.63, 3.8) is 0 Å². The van der Waals surface area contributed by atoms with Gasteiger partial charge >= 0.3 is 11.9 Å². The zero-order valence-corrected chi connectivity index (χ0v) is 5.18. The molecule has 0 unspecified atom stereocenters. The van der Waals surface area contributed by atoms with Gasteiger partial charge < -0.3 is 10.2 Å². The molecule has 0 aliphatic rings. The fraction of sp³-hybridized carbons (Fsp3) is 0. The molecule has 0 aromatic rings. The van der Waals surface area contributed by atoms with E-state index >= 15 is 0 Å². The summed E-state index contributed by atoms with van der Waals surface area (Å²) in [5, 5.41) is 14.8. The van der Waals surface area contributed by atoms with Crippen molar-refractivity contribution in [3.05, 3.63) is 0 Å². The molecule has 5 heteroatoms. The number of carbonyl (C=O) groups is 2. The van der Waals surface area contributed by atoms with Gasteiger partial charge in [0.25, 0.3) is 0 Å². The summed E-state index contributed by atoms with van der Waals surface area (Å²) in [6, 6.07) is 0. The molecule has 4 nitrogen and oxygen atoms in total. The molecule has 0 heterocycles. The van der Waals surface area contributed by atoms with Crippen molar-refractivity contribution in [2.24, 2.45) is 0 Å². The average molecular weight is 249 g/mol. The molecule has 1 radical (unpaired) electrons. The minimum atomic E-state index is -1.82. The summed E-state index contributed by atoms with van der Waals surface area (Å²) < 4.78 is 0. The smallest absolute Gasteiger partial charge is 0.414 e. The topological polar surface area (TPSA) is 74.6 Å². The third kappa shape index (κ3) is 6.23. The van der Waals surface area contributed by atoms with E-state index in [0.717, 1.165) is 0 Å². The Balaban J connectivity index is 0. The quantitative estimate of drug-likeness (QED) is 0.548. The number of hydrogen-bond acceptors (Lipinski definition) is 2. The first-order valence-corrected chi connectivity index (χ1v) is 1.11. The van der Waals surface area contributed by atoms with E-state index in [0.29, 0.717) is 0 Å². The summed E-state index contributed by atoms with van der Waals surface area (Å²) in [6.07, 6.45) is 0. The van der Waals surface area contributed by atoms with E-state index in [1.165, 1.54) is 0 Å². The maximum absolute atomic E-state index is 9.10.